The van der Waals surface area contributed by atoms with E-state index in [1.54, 1.807) is 49.5 Å². The van der Waals surface area contributed by atoms with E-state index in [4.69, 9.17) is 4.74 Å². The van der Waals surface area contributed by atoms with Crippen molar-refractivity contribution in [1.29, 1.82) is 0 Å². The Labute approximate surface area is 296 Å². The summed E-state index contributed by atoms with van der Waals surface area (Å²) in [5.41, 5.74) is -1.94. The second kappa shape index (κ2) is 17.3. The fraction of sp³-hybridized carbons (Fsp3) is 0.389. The average molecular weight is 736 g/mol. The fourth-order valence-electron chi connectivity index (χ4n) is 5.77. The summed E-state index contributed by atoms with van der Waals surface area (Å²) in [6.45, 7) is 1.59. The predicted molar refractivity (Wildman–Crippen MR) is 177 cm³/mol. The van der Waals surface area contributed by atoms with Crippen LogP contribution < -0.4 is 10.6 Å². The molecule has 3 aromatic carbocycles. The molecule has 280 valence electrons. The third-order valence-electron chi connectivity index (χ3n) is 8.36. The number of piperazine rings is 1. The zero-order valence-corrected chi connectivity index (χ0v) is 28.5. The summed E-state index contributed by atoms with van der Waals surface area (Å²) >= 11 is 0. The Morgan fingerprint density at radius 3 is 1.94 bits per heavy atom. The highest BCUT2D eigenvalue weighted by Crippen LogP contribution is 2.37. The topological polar surface area (TPSA) is 111 Å². The van der Waals surface area contributed by atoms with Gasteiger partial charge in [-0.05, 0) is 47.7 Å². The van der Waals surface area contributed by atoms with E-state index >= 15 is 0 Å². The summed E-state index contributed by atoms with van der Waals surface area (Å²) in [7, 11) is 1.60. The minimum atomic E-state index is -5.06. The molecular formula is C36H39F6N5O5. The summed E-state index contributed by atoms with van der Waals surface area (Å²) in [6, 6.07) is 18.9. The molecule has 2 unspecified atom stereocenters. The van der Waals surface area contributed by atoms with Gasteiger partial charge in [-0.3, -0.25) is 14.5 Å². The molecule has 2 atom stereocenters. The van der Waals surface area contributed by atoms with E-state index in [0.29, 0.717) is 12.1 Å². The van der Waals surface area contributed by atoms with Gasteiger partial charge < -0.3 is 25.2 Å². The summed E-state index contributed by atoms with van der Waals surface area (Å²) in [4.78, 5) is 54.4. The molecule has 0 radical (unpaired) electrons. The van der Waals surface area contributed by atoms with Gasteiger partial charge in [0.2, 0.25) is 11.8 Å². The van der Waals surface area contributed by atoms with Crippen LogP contribution in [0.4, 0.5) is 35.9 Å². The predicted octanol–water partition coefficient (Wildman–Crippen LogP) is 6.06. The maximum absolute atomic E-state index is 13.5. The lowest BCUT2D eigenvalue weighted by atomic mass is 9.93. The Bertz CT molecular complexity index is 1660. The van der Waals surface area contributed by atoms with E-state index in [1.807, 2.05) is 25.1 Å². The number of hydrogen-bond donors (Lipinski definition) is 2. The highest BCUT2D eigenvalue weighted by atomic mass is 19.4. The Morgan fingerprint density at radius 1 is 0.827 bits per heavy atom. The number of carbonyl (C=O) groups is 4. The Balaban J connectivity index is 0.000000677. The first-order valence-corrected chi connectivity index (χ1v) is 16.4. The number of nitrogens with one attached hydrogen (secondary N) is 2. The van der Waals surface area contributed by atoms with E-state index in [2.05, 4.69) is 10.6 Å². The monoisotopic (exact) mass is 735 g/mol. The second-order valence-corrected chi connectivity index (χ2v) is 12.2. The molecule has 0 aromatic heterocycles. The van der Waals surface area contributed by atoms with Crippen molar-refractivity contribution in [2.45, 2.75) is 51.4 Å². The first-order valence-electron chi connectivity index (χ1n) is 16.4. The standard InChI is InChI=1S/C31H27F6N3O4.C5H12N2O/c32-30(33,34)24-12-22(13-25(14-24)31(35,36)37)19-44-29(43)40-16-23(11-20-7-3-1-4-8-20)28(42)39-18-27(41)38(17-26(39)40)15-21-9-5-2-6-10-21;1-3-4-7-5(8)6-2/h1-10,12-14,23,26H,11,15-19H2;3-4H2,1-2H3,(H2,6,7,8). The number of urea groups is 1. The summed E-state index contributed by atoms with van der Waals surface area (Å²) in [5.74, 6) is -1.45. The molecule has 16 heteroatoms. The highest BCUT2D eigenvalue weighted by Gasteiger charge is 2.47. The van der Waals surface area contributed by atoms with Crippen LogP contribution in [-0.4, -0.2) is 78.0 Å². The molecule has 0 aliphatic carbocycles. The first kappa shape index (κ1) is 39.5. The molecule has 2 fully saturated rings. The Hall–Kier alpha value is -5.28. The molecular weight excluding hydrogens is 696 g/mol. The quantitative estimate of drug-likeness (QED) is 0.274. The van der Waals surface area contributed by atoms with E-state index < -0.39 is 53.8 Å². The lowest BCUT2D eigenvalue weighted by molar-refractivity contribution is -0.165. The summed E-state index contributed by atoms with van der Waals surface area (Å²) < 4.78 is 85.3. The number of amides is 5. The van der Waals surface area contributed by atoms with Crippen LogP contribution in [0.25, 0.3) is 0 Å². The molecule has 5 amide bonds. The van der Waals surface area contributed by atoms with E-state index in [1.165, 1.54) is 14.7 Å². The normalized spacial score (nSPS) is 17.5. The lowest BCUT2D eigenvalue weighted by Crippen LogP contribution is -2.69. The van der Waals surface area contributed by atoms with Crippen molar-refractivity contribution in [2.75, 3.05) is 33.2 Å². The minimum Gasteiger partial charge on any atom is -0.444 e. The number of halogens is 6. The minimum absolute atomic E-state index is 0.00597. The number of alkyl halides is 6. The molecule has 2 aliphatic heterocycles. The van der Waals surface area contributed by atoms with Gasteiger partial charge >= 0.3 is 24.5 Å². The van der Waals surface area contributed by atoms with Crippen LogP contribution in [0.15, 0.2) is 78.9 Å². The Kier molecular flexibility index (Phi) is 13.1. The largest absolute Gasteiger partial charge is 0.444 e. The first-order chi connectivity index (χ1) is 24.6. The number of carbonyl (C=O) groups excluding carboxylic acids is 4. The number of nitrogens with zero attached hydrogens (tertiary/aromatic N) is 3. The van der Waals surface area contributed by atoms with Gasteiger partial charge in [0.05, 0.1) is 23.6 Å². The number of ether oxygens (including phenoxy) is 1. The molecule has 0 saturated carbocycles. The molecule has 3 aromatic rings. The van der Waals surface area contributed by atoms with Crippen molar-refractivity contribution in [3.63, 3.8) is 0 Å². The fourth-order valence-corrected chi connectivity index (χ4v) is 5.77. The van der Waals surface area contributed by atoms with Crippen molar-refractivity contribution in [3.8, 4) is 0 Å². The number of rotatable bonds is 8. The number of benzene rings is 3. The van der Waals surface area contributed by atoms with Crippen molar-refractivity contribution < 1.29 is 50.3 Å². The van der Waals surface area contributed by atoms with Gasteiger partial charge in [-0.15, -0.1) is 0 Å². The van der Waals surface area contributed by atoms with E-state index in [-0.39, 0.29) is 56.5 Å². The SMILES string of the molecule is CCCNC(=O)NC.O=C1CN2C(=O)C(Cc3ccccc3)CN(C(=O)OCc3cc(C(F)(F)F)cc(C(F)(F)F)c3)C2CN1Cc1ccccc1. The molecule has 2 heterocycles. The molecule has 2 N–H and O–H groups in total. The van der Waals surface area contributed by atoms with Crippen molar-refractivity contribution in [1.82, 2.24) is 25.3 Å². The average Bonchev–Trinajstić information content (AvgIpc) is 3.11. The van der Waals surface area contributed by atoms with Gasteiger partial charge in [0.15, 0.2) is 0 Å². The van der Waals surface area contributed by atoms with Crippen LogP contribution in [0.5, 0.6) is 0 Å². The maximum Gasteiger partial charge on any atom is 0.416 e. The van der Waals surface area contributed by atoms with E-state index in [0.717, 1.165) is 24.1 Å². The van der Waals surface area contributed by atoms with Gasteiger partial charge in [0.25, 0.3) is 0 Å². The molecule has 2 aliphatic rings. The molecule has 0 bridgehead atoms. The zero-order chi connectivity index (χ0) is 38.1. The summed E-state index contributed by atoms with van der Waals surface area (Å²) in [5, 5.41) is 5.08. The van der Waals surface area contributed by atoms with Crippen molar-refractivity contribution in [2.24, 2.45) is 5.92 Å². The van der Waals surface area contributed by atoms with Crippen LogP contribution >= 0.6 is 0 Å². The van der Waals surface area contributed by atoms with Gasteiger partial charge in [-0.1, -0.05) is 67.6 Å². The van der Waals surface area contributed by atoms with Crippen LogP contribution in [0.2, 0.25) is 0 Å². The van der Waals surface area contributed by atoms with Crippen molar-refractivity contribution in [3.05, 3.63) is 107 Å². The maximum atomic E-state index is 13.5. The van der Waals surface area contributed by atoms with Crippen molar-refractivity contribution >= 4 is 23.9 Å². The zero-order valence-electron chi connectivity index (χ0n) is 28.5. The van der Waals surface area contributed by atoms with Crippen LogP contribution in [0.3, 0.4) is 0 Å². The second-order valence-electron chi connectivity index (χ2n) is 12.2. The molecule has 52 heavy (non-hydrogen) atoms. The lowest BCUT2D eigenvalue weighted by Gasteiger charge is -2.50. The third kappa shape index (κ3) is 10.6. The molecule has 2 saturated heterocycles. The third-order valence-corrected chi connectivity index (χ3v) is 8.36. The van der Waals surface area contributed by atoms with Crippen LogP contribution in [0.1, 0.15) is 41.2 Å². The molecule has 0 spiro atoms. The van der Waals surface area contributed by atoms with Gasteiger partial charge in [-0.2, -0.15) is 26.3 Å². The van der Waals surface area contributed by atoms with Crippen LogP contribution in [0, 0.1) is 5.92 Å². The number of hydrogen-bond acceptors (Lipinski definition) is 5. The molecule has 5 rings (SSSR count). The van der Waals surface area contributed by atoms with Gasteiger partial charge in [0, 0.05) is 26.7 Å². The van der Waals surface area contributed by atoms with Gasteiger partial charge in [-0.25, -0.2) is 9.59 Å². The Morgan fingerprint density at radius 2 is 1.40 bits per heavy atom. The number of fused-ring (bicyclic) bond motifs is 1. The highest BCUT2D eigenvalue weighted by molar-refractivity contribution is 5.89. The smallest absolute Gasteiger partial charge is 0.416 e. The van der Waals surface area contributed by atoms with Crippen LogP contribution in [-0.2, 0) is 46.3 Å². The van der Waals surface area contributed by atoms with E-state index in [9.17, 15) is 45.5 Å². The molecule has 10 nitrogen and oxygen atoms in total. The van der Waals surface area contributed by atoms with Gasteiger partial charge in [0.1, 0.15) is 19.3 Å². The summed E-state index contributed by atoms with van der Waals surface area (Å²) in [6.07, 6.45) is -10.9.